The minimum Gasteiger partial charge on any atom is -0.396 e. The van der Waals surface area contributed by atoms with Crippen LogP contribution >= 0.6 is 0 Å². The van der Waals surface area contributed by atoms with Crippen molar-refractivity contribution in [2.45, 2.75) is 12.8 Å². The Labute approximate surface area is 175 Å². The number of hydrogen-bond donors (Lipinski definition) is 2. The summed E-state index contributed by atoms with van der Waals surface area (Å²) in [5.74, 6) is 0. The molecule has 0 atom stereocenters. The molecular formula is C24H23N5O. The number of aromatic nitrogens is 4. The number of nitrogens with zero attached hydrogens (tertiary/aromatic N) is 4. The Morgan fingerprint density at radius 2 is 1.80 bits per heavy atom. The monoisotopic (exact) mass is 397 g/mol. The summed E-state index contributed by atoms with van der Waals surface area (Å²) in [5, 5.41) is 20.8. The molecule has 0 aliphatic rings. The van der Waals surface area contributed by atoms with E-state index in [0.717, 1.165) is 34.0 Å². The fourth-order valence-corrected chi connectivity index (χ4v) is 3.07. The lowest BCUT2D eigenvalue weighted by atomic mass is 10.1. The number of pyridine rings is 1. The summed E-state index contributed by atoms with van der Waals surface area (Å²) < 4.78 is 1.75. The number of aliphatic hydroxyl groups is 1. The molecule has 4 rings (SSSR count). The Morgan fingerprint density at radius 3 is 2.63 bits per heavy atom. The van der Waals surface area contributed by atoms with Crippen LogP contribution in [-0.4, -0.2) is 31.7 Å². The summed E-state index contributed by atoms with van der Waals surface area (Å²) in [5.41, 5.74) is 5.77. The van der Waals surface area contributed by atoms with Crippen molar-refractivity contribution in [3.63, 3.8) is 0 Å². The molecule has 6 heteroatoms. The molecule has 0 radical (unpaired) electrons. The lowest BCUT2D eigenvalue weighted by Crippen LogP contribution is -1.97. The van der Waals surface area contributed by atoms with Crippen molar-refractivity contribution in [1.82, 2.24) is 20.0 Å². The van der Waals surface area contributed by atoms with Crippen molar-refractivity contribution >= 4 is 23.5 Å². The third-order valence-electron chi connectivity index (χ3n) is 4.55. The van der Waals surface area contributed by atoms with Gasteiger partial charge in [0.1, 0.15) is 0 Å². The van der Waals surface area contributed by atoms with E-state index in [4.69, 9.17) is 5.11 Å². The minimum atomic E-state index is 0.155. The van der Waals surface area contributed by atoms with Crippen molar-refractivity contribution in [3.05, 3.63) is 96.1 Å². The molecule has 0 saturated heterocycles. The Hall–Kier alpha value is -3.77. The summed E-state index contributed by atoms with van der Waals surface area (Å²) in [6, 6.07) is 22.1. The van der Waals surface area contributed by atoms with Gasteiger partial charge < -0.3 is 10.4 Å². The highest BCUT2D eigenvalue weighted by molar-refractivity contribution is 5.71. The first-order valence-electron chi connectivity index (χ1n) is 9.89. The van der Waals surface area contributed by atoms with Crippen LogP contribution in [0.2, 0.25) is 0 Å². The number of hydrogen-bond acceptors (Lipinski definition) is 5. The van der Waals surface area contributed by atoms with E-state index in [9.17, 15) is 0 Å². The Kier molecular flexibility index (Phi) is 6.27. The molecule has 0 saturated carbocycles. The van der Waals surface area contributed by atoms with E-state index < -0.39 is 0 Å². The first kappa shape index (κ1) is 19.5. The van der Waals surface area contributed by atoms with Crippen molar-refractivity contribution < 1.29 is 5.11 Å². The van der Waals surface area contributed by atoms with Gasteiger partial charge in [-0.3, -0.25) is 4.98 Å². The molecule has 0 bridgehead atoms. The van der Waals surface area contributed by atoms with E-state index in [2.05, 4.69) is 32.7 Å². The Morgan fingerprint density at radius 1 is 0.933 bits per heavy atom. The molecule has 0 aliphatic carbocycles. The molecule has 0 aliphatic heterocycles. The van der Waals surface area contributed by atoms with Crippen LogP contribution < -0.4 is 5.32 Å². The lowest BCUT2D eigenvalue weighted by Gasteiger charge is -2.09. The van der Waals surface area contributed by atoms with Gasteiger partial charge in [0.2, 0.25) is 0 Å². The summed E-state index contributed by atoms with van der Waals surface area (Å²) in [7, 11) is 0. The molecule has 0 amide bonds. The quantitative estimate of drug-likeness (QED) is 0.458. The van der Waals surface area contributed by atoms with Crippen molar-refractivity contribution in [3.8, 4) is 5.69 Å². The molecule has 0 spiro atoms. The molecule has 4 aromatic rings. The lowest BCUT2D eigenvalue weighted by molar-refractivity contribution is 0.288. The van der Waals surface area contributed by atoms with Gasteiger partial charge in [0.05, 0.1) is 23.3 Å². The number of aryl methyl sites for hydroxylation is 1. The number of nitrogens with one attached hydrogen (secondary N) is 1. The average Bonchev–Trinajstić information content (AvgIpc) is 3.27. The molecule has 2 N–H and O–H groups in total. The maximum absolute atomic E-state index is 8.97. The smallest absolute Gasteiger partial charge is 0.0832 e. The van der Waals surface area contributed by atoms with Gasteiger partial charge in [-0.15, -0.1) is 5.10 Å². The molecule has 150 valence electrons. The summed E-state index contributed by atoms with van der Waals surface area (Å²) in [6.45, 7) is 0.155. The van der Waals surface area contributed by atoms with Crippen LogP contribution in [-0.2, 0) is 6.42 Å². The normalized spacial score (nSPS) is 11.1. The molecule has 2 aromatic heterocycles. The fraction of sp³-hybridized carbons (Fsp3) is 0.125. The van der Waals surface area contributed by atoms with Gasteiger partial charge in [-0.25, -0.2) is 4.68 Å². The van der Waals surface area contributed by atoms with Crippen molar-refractivity contribution in [1.29, 1.82) is 0 Å². The topological polar surface area (TPSA) is 75.9 Å². The van der Waals surface area contributed by atoms with Gasteiger partial charge in [0, 0.05) is 24.2 Å². The first-order valence-corrected chi connectivity index (χ1v) is 9.89. The highest BCUT2D eigenvalue weighted by atomic mass is 16.2. The second-order valence-electron chi connectivity index (χ2n) is 6.87. The minimum absolute atomic E-state index is 0.155. The fourth-order valence-electron chi connectivity index (χ4n) is 3.07. The van der Waals surface area contributed by atoms with E-state index in [1.54, 1.807) is 10.9 Å². The largest absolute Gasteiger partial charge is 0.396 e. The van der Waals surface area contributed by atoms with Crippen LogP contribution in [0.5, 0.6) is 0 Å². The summed E-state index contributed by atoms with van der Waals surface area (Å²) in [4.78, 5) is 4.31. The average molecular weight is 397 g/mol. The third-order valence-corrected chi connectivity index (χ3v) is 4.55. The van der Waals surface area contributed by atoms with E-state index in [1.807, 2.05) is 72.9 Å². The van der Waals surface area contributed by atoms with Crippen LogP contribution in [0.3, 0.4) is 0 Å². The van der Waals surface area contributed by atoms with Gasteiger partial charge in [-0.1, -0.05) is 35.6 Å². The summed E-state index contributed by atoms with van der Waals surface area (Å²) >= 11 is 0. The number of benzene rings is 2. The van der Waals surface area contributed by atoms with Gasteiger partial charge in [0.15, 0.2) is 0 Å². The number of aliphatic hydroxyl groups excluding tert-OH is 1. The van der Waals surface area contributed by atoms with Gasteiger partial charge in [0.25, 0.3) is 0 Å². The van der Waals surface area contributed by atoms with Gasteiger partial charge in [-0.2, -0.15) is 0 Å². The molecular weight excluding hydrogens is 374 g/mol. The standard InChI is InChI=1S/C24H23N5O/c30-15-5-10-23-18-29(28-27-23)24-11-4-9-22(17-24)26-21-8-3-6-19(16-21)12-13-20-7-1-2-14-25-20/h1-4,6-9,11-14,16-18,26,30H,5,10,15H2. The van der Waals surface area contributed by atoms with Gasteiger partial charge >= 0.3 is 0 Å². The van der Waals surface area contributed by atoms with Crippen LogP contribution in [0.25, 0.3) is 17.8 Å². The van der Waals surface area contributed by atoms with Crippen LogP contribution in [0.1, 0.15) is 23.4 Å². The number of anilines is 2. The van der Waals surface area contributed by atoms with Crippen LogP contribution in [0, 0.1) is 0 Å². The maximum atomic E-state index is 8.97. The number of rotatable bonds is 8. The second-order valence-corrected chi connectivity index (χ2v) is 6.87. The SMILES string of the molecule is OCCCc1cn(-c2cccc(Nc3cccc(C=Cc4ccccn4)c3)c2)nn1. The molecule has 6 nitrogen and oxygen atoms in total. The Bertz CT molecular complexity index is 1120. The Balaban J connectivity index is 1.47. The summed E-state index contributed by atoms with van der Waals surface area (Å²) in [6.07, 6.45) is 9.14. The van der Waals surface area contributed by atoms with Crippen LogP contribution in [0.15, 0.2) is 79.1 Å². The molecule has 2 heterocycles. The second kappa shape index (κ2) is 9.62. The maximum Gasteiger partial charge on any atom is 0.0832 e. The van der Waals surface area contributed by atoms with Crippen molar-refractivity contribution in [2.75, 3.05) is 11.9 Å². The molecule has 30 heavy (non-hydrogen) atoms. The molecule has 0 unspecified atom stereocenters. The van der Waals surface area contributed by atoms with E-state index in [1.165, 1.54) is 0 Å². The van der Waals surface area contributed by atoms with E-state index in [0.29, 0.717) is 12.8 Å². The predicted molar refractivity (Wildman–Crippen MR) is 120 cm³/mol. The highest BCUT2D eigenvalue weighted by Crippen LogP contribution is 2.21. The zero-order chi connectivity index (χ0) is 20.6. The van der Waals surface area contributed by atoms with E-state index in [-0.39, 0.29) is 6.61 Å². The van der Waals surface area contributed by atoms with Gasteiger partial charge in [-0.05, 0) is 66.9 Å². The highest BCUT2D eigenvalue weighted by Gasteiger charge is 2.04. The third kappa shape index (κ3) is 5.18. The zero-order valence-corrected chi connectivity index (χ0v) is 16.5. The first-order chi connectivity index (χ1) is 14.8. The van der Waals surface area contributed by atoms with Crippen LogP contribution in [0.4, 0.5) is 11.4 Å². The van der Waals surface area contributed by atoms with E-state index >= 15 is 0 Å². The molecule has 2 aromatic carbocycles. The zero-order valence-electron chi connectivity index (χ0n) is 16.5. The molecule has 0 fully saturated rings. The predicted octanol–water partition coefficient (Wildman–Crippen LogP) is 4.50. The van der Waals surface area contributed by atoms with Crippen molar-refractivity contribution in [2.24, 2.45) is 0 Å².